The standard InChI is InChI=1S/C28H28BrClN2O6/c29-27-19(9-6-10-21(27)18-7-2-1-3-8-18)17-37-25-14-24(38-26(16-33)31-36)20(13-22(25)30)15-32-12-5-4-11-23(32)28(34)35/h1-3,6-10,13-14,16,23,26,31,36H,4-5,11-12,15,17H2,(H,34,35)/t23-,26?/m0/s1. The summed E-state index contributed by atoms with van der Waals surface area (Å²) in [5.74, 6) is -0.322. The minimum absolute atomic E-state index is 0.197. The van der Waals surface area contributed by atoms with Crippen LogP contribution < -0.4 is 15.0 Å². The van der Waals surface area contributed by atoms with Gasteiger partial charge in [-0.3, -0.25) is 14.5 Å². The Kier molecular flexibility index (Phi) is 9.76. The molecule has 1 aliphatic heterocycles. The lowest BCUT2D eigenvalue weighted by molar-refractivity contribution is -0.144. The number of aliphatic carboxylic acids is 1. The van der Waals surface area contributed by atoms with Crippen molar-refractivity contribution in [3.05, 3.63) is 81.3 Å². The van der Waals surface area contributed by atoms with E-state index in [0.29, 0.717) is 35.6 Å². The van der Waals surface area contributed by atoms with Gasteiger partial charge in [-0.1, -0.05) is 66.6 Å². The number of benzene rings is 3. The van der Waals surface area contributed by atoms with E-state index in [-0.39, 0.29) is 18.9 Å². The summed E-state index contributed by atoms with van der Waals surface area (Å²) in [5, 5.41) is 19.3. The number of aldehydes is 1. The van der Waals surface area contributed by atoms with E-state index < -0.39 is 18.2 Å². The maximum atomic E-state index is 11.8. The van der Waals surface area contributed by atoms with E-state index >= 15 is 0 Å². The maximum Gasteiger partial charge on any atom is 0.320 e. The van der Waals surface area contributed by atoms with Gasteiger partial charge in [0.15, 0.2) is 6.29 Å². The number of hydrogen-bond donors (Lipinski definition) is 3. The molecule has 1 unspecified atom stereocenters. The molecule has 1 saturated heterocycles. The van der Waals surface area contributed by atoms with Crippen molar-refractivity contribution in [2.24, 2.45) is 0 Å². The number of carbonyl (C=O) groups is 2. The smallest absolute Gasteiger partial charge is 0.320 e. The first-order valence-corrected chi connectivity index (χ1v) is 13.3. The van der Waals surface area contributed by atoms with E-state index in [1.165, 1.54) is 0 Å². The van der Waals surface area contributed by atoms with Crippen LogP contribution in [-0.4, -0.2) is 46.3 Å². The molecule has 3 aromatic carbocycles. The van der Waals surface area contributed by atoms with Gasteiger partial charge in [0, 0.05) is 28.2 Å². The van der Waals surface area contributed by atoms with Gasteiger partial charge in [-0.2, -0.15) is 5.48 Å². The van der Waals surface area contributed by atoms with Crippen LogP contribution in [0.1, 0.15) is 30.4 Å². The fraction of sp³-hybridized carbons (Fsp3) is 0.286. The summed E-state index contributed by atoms with van der Waals surface area (Å²) >= 11 is 10.3. The predicted octanol–water partition coefficient (Wildman–Crippen LogP) is 5.67. The number of piperidine rings is 1. The van der Waals surface area contributed by atoms with Gasteiger partial charge >= 0.3 is 5.97 Å². The Morgan fingerprint density at radius 3 is 2.63 bits per heavy atom. The van der Waals surface area contributed by atoms with Crippen molar-refractivity contribution < 1.29 is 29.4 Å². The molecule has 0 saturated carbocycles. The molecular formula is C28H28BrClN2O6. The Morgan fingerprint density at radius 1 is 1.13 bits per heavy atom. The first-order chi connectivity index (χ1) is 18.4. The van der Waals surface area contributed by atoms with Crippen LogP contribution in [0.5, 0.6) is 11.5 Å². The topological polar surface area (TPSA) is 108 Å². The molecular weight excluding hydrogens is 576 g/mol. The molecule has 0 amide bonds. The third kappa shape index (κ3) is 6.73. The molecule has 3 aromatic rings. The minimum atomic E-state index is -1.32. The first kappa shape index (κ1) is 28.1. The van der Waals surface area contributed by atoms with Gasteiger partial charge < -0.3 is 19.8 Å². The Labute approximate surface area is 234 Å². The number of halogens is 2. The number of carbonyl (C=O) groups excluding carboxylic acids is 1. The lowest BCUT2D eigenvalue weighted by Gasteiger charge is -2.33. The quantitative estimate of drug-likeness (QED) is 0.146. The first-order valence-electron chi connectivity index (χ1n) is 12.2. The Bertz CT molecular complexity index is 1280. The number of hydrogen-bond acceptors (Lipinski definition) is 7. The van der Waals surface area contributed by atoms with Crippen molar-refractivity contribution in [3.63, 3.8) is 0 Å². The largest absolute Gasteiger partial charge is 0.487 e. The second-order valence-electron chi connectivity index (χ2n) is 8.95. The van der Waals surface area contributed by atoms with Gasteiger partial charge in [0.2, 0.25) is 6.23 Å². The molecule has 1 heterocycles. The highest BCUT2D eigenvalue weighted by atomic mass is 79.9. The minimum Gasteiger partial charge on any atom is -0.487 e. The zero-order valence-corrected chi connectivity index (χ0v) is 22.8. The average molecular weight is 604 g/mol. The third-order valence-corrected chi connectivity index (χ3v) is 7.67. The van der Waals surface area contributed by atoms with Gasteiger partial charge in [0.05, 0.1) is 5.02 Å². The highest BCUT2D eigenvalue weighted by molar-refractivity contribution is 9.10. The molecule has 1 fully saturated rings. The van der Waals surface area contributed by atoms with Crippen molar-refractivity contribution in [2.45, 2.75) is 44.7 Å². The van der Waals surface area contributed by atoms with E-state index in [4.69, 9.17) is 21.1 Å². The van der Waals surface area contributed by atoms with Gasteiger partial charge in [-0.05, 0) is 52.5 Å². The van der Waals surface area contributed by atoms with Crippen molar-refractivity contribution >= 4 is 39.8 Å². The number of rotatable bonds is 11. The molecule has 38 heavy (non-hydrogen) atoms. The van der Waals surface area contributed by atoms with Crippen LogP contribution in [0, 0.1) is 0 Å². The fourth-order valence-corrected chi connectivity index (χ4v) is 5.36. The summed E-state index contributed by atoms with van der Waals surface area (Å²) in [7, 11) is 0. The number of carboxylic acid groups (broad SMARTS) is 1. The fourth-order valence-electron chi connectivity index (χ4n) is 4.51. The molecule has 0 aromatic heterocycles. The van der Waals surface area contributed by atoms with Crippen LogP contribution in [0.25, 0.3) is 11.1 Å². The van der Waals surface area contributed by atoms with Crippen LogP contribution in [0.15, 0.2) is 65.1 Å². The van der Waals surface area contributed by atoms with Crippen LogP contribution in [0.4, 0.5) is 0 Å². The van der Waals surface area contributed by atoms with Crippen molar-refractivity contribution in [1.82, 2.24) is 10.4 Å². The molecule has 0 aliphatic carbocycles. The van der Waals surface area contributed by atoms with Crippen molar-refractivity contribution in [2.75, 3.05) is 6.54 Å². The molecule has 1 aliphatic rings. The molecule has 8 nitrogen and oxygen atoms in total. The molecule has 10 heteroatoms. The Morgan fingerprint density at radius 2 is 1.92 bits per heavy atom. The van der Waals surface area contributed by atoms with Gasteiger partial charge in [0.25, 0.3) is 0 Å². The molecule has 2 atom stereocenters. The molecule has 3 N–H and O–H groups in total. The maximum absolute atomic E-state index is 11.8. The second kappa shape index (κ2) is 13.2. The zero-order chi connectivity index (χ0) is 27.1. The summed E-state index contributed by atoms with van der Waals surface area (Å²) in [6.45, 7) is 1.05. The van der Waals surface area contributed by atoms with E-state index in [0.717, 1.165) is 34.0 Å². The van der Waals surface area contributed by atoms with Crippen molar-refractivity contribution in [3.8, 4) is 22.6 Å². The SMILES string of the molecule is O=CC(NO)Oc1cc(OCc2cccc(-c3ccccc3)c2Br)c(Cl)cc1CN1CCCC[C@H]1C(=O)O. The van der Waals surface area contributed by atoms with E-state index in [1.54, 1.807) is 17.6 Å². The monoisotopic (exact) mass is 602 g/mol. The molecule has 0 radical (unpaired) electrons. The summed E-state index contributed by atoms with van der Waals surface area (Å²) in [4.78, 5) is 25.0. The van der Waals surface area contributed by atoms with Crippen LogP contribution >= 0.6 is 27.5 Å². The molecule has 0 bridgehead atoms. The lowest BCUT2D eigenvalue weighted by atomic mass is 10.0. The van der Waals surface area contributed by atoms with Gasteiger partial charge in [-0.25, -0.2) is 0 Å². The van der Waals surface area contributed by atoms with Crippen LogP contribution in [-0.2, 0) is 22.7 Å². The number of ether oxygens (including phenoxy) is 2. The third-order valence-electron chi connectivity index (χ3n) is 6.44. The summed E-state index contributed by atoms with van der Waals surface area (Å²) < 4.78 is 12.6. The second-order valence-corrected chi connectivity index (χ2v) is 10.1. The molecule has 0 spiro atoms. The van der Waals surface area contributed by atoms with Gasteiger partial charge in [-0.15, -0.1) is 0 Å². The predicted molar refractivity (Wildman–Crippen MR) is 146 cm³/mol. The van der Waals surface area contributed by atoms with E-state index in [9.17, 15) is 19.9 Å². The Balaban J connectivity index is 1.60. The number of carboxylic acids is 1. The number of likely N-dealkylation sites (tertiary alicyclic amines) is 1. The highest BCUT2D eigenvalue weighted by Crippen LogP contribution is 2.37. The van der Waals surface area contributed by atoms with E-state index in [2.05, 4.69) is 15.9 Å². The van der Waals surface area contributed by atoms with Crippen LogP contribution in [0.3, 0.4) is 0 Å². The normalized spacial score (nSPS) is 16.6. The molecule has 200 valence electrons. The number of nitrogens with one attached hydrogen (secondary N) is 1. The number of hydroxylamine groups is 1. The zero-order valence-electron chi connectivity index (χ0n) is 20.5. The molecule has 4 rings (SSSR count). The summed E-state index contributed by atoms with van der Waals surface area (Å²) in [6.07, 6.45) is 1.35. The Hall–Kier alpha value is -2.95. The average Bonchev–Trinajstić information content (AvgIpc) is 2.93. The van der Waals surface area contributed by atoms with Gasteiger partial charge in [0.1, 0.15) is 24.1 Å². The lowest BCUT2D eigenvalue weighted by Crippen LogP contribution is -2.44. The number of nitrogens with zero attached hydrogens (tertiary/aromatic N) is 1. The van der Waals surface area contributed by atoms with Crippen LogP contribution in [0.2, 0.25) is 5.02 Å². The van der Waals surface area contributed by atoms with Crippen molar-refractivity contribution in [1.29, 1.82) is 0 Å². The van der Waals surface area contributed by atoms with E-state index in [1.807, 2.05) is 53.4 Å². The summed E-state index contributed by atoms with van der Waals surface area (Å²) in [6, 6.07) is 18.5. The summed E-state index contributed by atoms with van der Waals surface area (Å²) in [5.41, 5.74) is 5.36. The highest BCUT2D eigenvalue weighted by Gasteiger charge is 2.29.